The van der Waals surface area contributed by atoms with E-state index in [1.807, 2.05) is 62.4 Å². The molecule has 6 heteroatoms. The quantitative estimate of drug-likeness (QED) is 0.776. The van der Waals surface area contributed by atoms with Crippen molar-refractivity contribution < 1.29 is 19.4 Å². The van der Waals surface area contributed by atoms with Gasteiger partial charge in [-0.3, -0.25) is 0 Å². The zero-order valence-corrected chi connectivity index (χ0v) is 12.9. The van der Waals surface area contributed by atoms with Crippen molar-refractivity contribution in [3.63, 3.8) is 0 Å². The van der Waals surface area contributed by atoms with Gasteiger partial charge in [0, 0.05) is 6.42 Å². The van der Waals surface area contributed by atoms with E-state index in [-0.39, 0.29) is 13.0 Å². The second-order valence-corrected chi connectivity index (χ2v) is 5.29. The summed E-state index contributed by atoms with van der Waals surface area (Å²) in [5.74, 6) is -1.10. The van der Waals surface area contributed by atoms with E-state index in [0.717, 1.165) is 16.6 Å². The lowest BCUT2D eigenvalue weighted by atomic mass is 9.94. The van der Waals surface area contributed by atoms with Gasteiger partial charge in [-0.2, -0.15) is 0 Å². The molecule has 0 radical (unpaired) electrons. The van der Waals surface area contributed by atoms with E-state index in [1.54, 1.807) is 0 Å². The molecule has 0 saturated carbocycles. The van der Waals surface area contributed by atoms with E-state index in [2.05, 4.69) is 5.32 Å². The molecule has 1 amide bonds. The summed E-state index contributed by atoms with van der Waals surface area (Å²) in [4.78, 5) is 23.1. The lowest BCUT2D eigenvalue weighted by Gasteiger charge is -2.15. The maximum Gasteiger partial charge on any atom is 0.408 e. The Morgan fingerprint density at radius 2 is 1.70 bits per heavy atom. The molecule has 0 spiro atoms. The van der Waals surface area contributed by atoms with Crippen molar-refractivity contribution in [1.29, 1.82) is 0 Å². The highest BCUT2D eigenvalue weighted by molar-refractivity contribution is 6.32. The molecule has 0 fully saturated rings. The van der Waals surface area contributed by atoms with Crippen LogP contribution in [0.3, 0.4) is 0 Å². The molecule has 1 atom stereocenters. The number of hydrogen-bond donors (Lipinski definition) is 2. The molecule has 2 N–H and O–H groups in total. The largest absolute Gasteiger partial charge is 0.480 e. The molecule has 0 aromatic heterocycles. The standard InChI is InChI=1S/C17H18BNO4/c18-14-8-6-12(7-9-14)10-15(16(20)21)19-17(22)23-11-13-4-2-1-3-5-13/h1-9,15H,10-11,18H2,(H,19,22)(H,20,21). The van der Waals surface area contributed by atoms with Crippen molar-refractivity contribution in [2.24, 2.45) is 0 Å². The fraction of sp³-hybridized carbons (Fsp3) is 0.176. The number of alkyl carbamates (subject to hydrolysis) is 1. The first-order valence-corrected chi connectivity index (χ1v) is 7.30. The summed E-state index contributed by atoms with van der Waals surface area (Å²) >= 11 is 0. The predicted molar refractivity (Wildman–Crippen MR) is 89.5 cm³/mol. The number of aliphatic carboxylic acids is 1. The Hall–Kier alpha value is -2.76. The van der Waals surface area contributed by atoms with E-state index < -0.39 is 18.1 Å². The number of ether oxygens (including phenoxy) is 1. The smallest absolute Gasteiger partial charge is 0.408 e. The first kappa shape index (κ1) is 16.6. The number of carbonyl (C=O) groups excluding carboxylic acids is 1. The third kappa shape index (κ3) is 5.50. The van der Waals surface area contributed by atoms with Crippen molar-refractivity contribution >= 4 is 25.4 Å². The van der Waals surface area contributed by atoms with Crippen molar-refractivity contribution in [2.75, 3.05) is 0 Å². The molecule has 0 heterocycles. The Kier molecular flexibility index (Phi) is 5.80. The van der Waals surface area contributed by atoms with Crippen LogP contribution < -0.4 is 10.8 Å². The van der Waals surface area contributed by atoms with Gasteiger partial charge < -0.3 is 15.2 Å². The van der Waals surface area contributed by atoms with Gasteiger partial charge in [-0.1, -0.05) is 60.1 Å². The highest BCUT2D eigenvalue weighted by Gasteiger charge is 2.21. The minimum absolute atomic E-state index is 0.101. The zero-order valence-electron chi connectivity index (χ0n) is 12.9. The van der Waals surface area contributed by atoms with Crippen molar-refractivity contribution in [2.45, 2.75) is 19.1 Å². The average Bonchev–Trinajstić information content (AvgIpc) is 2.55. The monoisotopic (exact) mass is 311 g/mol. The summed E-state index contributed by atoms with van der Waals surface area (Å²) in [7, 11) is 1.96. The third-order valence-electron chi connectivity index (χ3n) is 3.36. The Balaban J connectivity index is 1.89. The van der Waals surface area contributed by atoms with Crippen LogP contribution in [0.25, 0.3) is 0 Å². The van der Waals surface area contributed by atoms with E-state index in [4.69, 9.17) is 4.74 Å². The first-order chi connectivity index (χ1) is 11.0. The second-order valence-electron chi connectivity index (χ2n) is 5.29. The highest BCUT2D eigenvalue weighted by Crippen LogP contribution is 2.04. The van der Waals surface area contributed by atoms with Crippen LogP contribution in [0, 0.1) is 0 Å². The number of benzene rings is 2. The number of nitrogens with one attached hydrogen (secondary N) is 1. The molecule has 0 bridgehead atoms. The van der Waals surface area contributed by atoms with Gasteiger partial charge in [-0.25, -0.2) is 9.59 Å². The Morgan fingerprint density at radius 3 is 2.30 bits per heavy atom. The van der Waals surface area contributed by atoms with Crippen LogP contribution in [0.5, 0.6) is 0 Å². The maximum absolute atomic E-state index is 11.8. The number of carbonyl (C=O) groups is 2. The van der Waals surface area contributed by atoms with Crippen LogP contribution in [0.4, 0.5) is 4.79 Å². The van der Waals surface area contributed by atoms with E-state index in [1.165, 1.54) is 0 Å². The lowest BCUT2D eigenvalue weighted by molar-refractivity contribution is -0.139. The molecule has 2 aromatic rings. The minimum Gasteiger partial charge on any atom is -0.480 e. The van der Waals surface area contributed by atoms with Crippen LogP contribution in [0.2, 0.25) is 0 Å². The number of rotatable bonds is 6. The van der Waals surface area contributed by atoms with Crippen molar-refractivity contribution in [3.05, 3.63) is 65.7 Å². The van der Waals surface area contributed by atoms with Crippen LogP contribution in [-0.2, 0) is 22.6 Å². The molecular weight excluding hydrogens is 293 g/mol. The zero-order chi connectivity index (χ0) is 16.7. The van der Waals surface area contributed by atoms with Crippen molar-refractivity contribution in [3.8, 4) is 0 Å². The summed E-state index contributed by atoms with van der Waals surface area (Å²) in [5.41, 5.74) is 2.77. The maximum atomic E-state index is 11.8. The summed E-state index contributed by atoms with van der Waals surface area (Å²) in [6, 6.07) is 15.7. The van der Waals surface area contributed by atoms with Gasteiger partial charge in [-0.15, -0.1) is 0 Å². The first-order valence-electron chi connectivity index (χ1n) is 7.30. The number of hydrogen-bond acceptors (Lipinski definition) is 3. The molecule has 0 aliphatic rings. The van der Waals surface area contributed by atoms with Gasteiger partial charge in [0.2, 0.25) is 0 Å². The number of carboxylic acid groups (broad SMARTS) is 1. The Morgan fingerprint density at radius 1 is 1.04 bits per heavy atom. The average molecular weight is 311 g/mol. The summed E-state index contributed by atoms with van der Waals surface area (Å²) < 4.78 is 5.05. The molecule has 118 valence electrons. The topological polar surface area (TPSA) is 75.6 Å². The van der Waals surface area contributed by atoms with Crippen LogP contribution in [0.15, 0.2) is 54.6 Å². The van der Waals surface area contributed by atoms with Gasteiger partial charge in [-0.05, 0) is 11.1 Å². The summed E-state index contributed by atoms with van der Waals surface area (Å²) in [6.45, 7) is 0.101. The Labute approximate surface area is 135 Å². The molecule has 0 saturated heterocycles. The van der Waals surface area contributed by atoms with Gasteiger partial charge in [0.05, 0.1) is 0 Å². The van der Waals surface area contributed by atoms with Crippen LogP contribution in [-0.4, -0.2) is 31.1 Å². The fourth-order valence-corrected chi connectivity index (χ4v) is 2.07. The molecule has 1 unspecified atom stereocenters. The lowest BCUT2D eigenvalue weighted by Crippen LogP contribution is -2.42. The number of amides is 1. The molecular formula is C17H18BNO4. The predicted octanol–water partition coefficient (Wildman–Crippen LogP) is 0.867. The minimum atomic E-state index is -1.10. The van der Waals surface area contributed by atoms with Gasteiger partial charge in [0.1, 0.15) is 20.5 Å². The summed E-state index contributed by atoms with van der Waals surface area (Å²) in [5, 5.41) is 11.6. The molecule has 2 aromatic carbocycles. The summed E-state index contributed by atoms with van der Waals surface area (Å²) in [6.07, 6.45) is -0.538. The normalized spacial score (nSPS) is 11.5. The molecule has 5 nitrogen and oxygen atoms in total. The van der Waals surface area contributed by atoms with Crippen LogP contribution >= 0.6 is 0 Å². The molecule has 0 aliphatic heterocycles. The van der Waals surface area contributed by atoms with Crippen LogP contribution in [0.1, 0.15) is 11.1 Å². The third-order valence-corrected chi connectivity index (χ3v) is 3.36. The van der Waals surface area contributed by atoms with E-state index in [9.17, 15) is 14.7 Å². The van der Waals surface area contributed by atoms with Gasteiger partial charge >= 0.3 is 12.1 Å². The number of carboxylic acids is 1. The van der Waals surface area contributed by atoms with Gasteiger partial charge in [0.15, 0.2) is 0 Å². The van der Waals surface area contributed by atoms with E-state index in [0.29, 0.717) is 0 Å². The molecule has 23 heavy (non-hydrogen) atoms. The van der Waals surface area contributed by atoms with E-state index >= 15 is 0 Å². The fourth-order valence-electron chi connectivity index (χ4n) is 2.07. The highest BCUT2D eigenvalue weighted by atomic mass is 16.5. The molecule has 2 rings (SSSR count). The SMILES string of the molecule is Bc1ccc(CC(NC(=O)OCc2ccccc2)C(=O)O)cc1. The van der Waals surface area contributed by atoms with Crippen molar-refractivity contribution in [1.82, 2.24) is 5.32 Å². The Bertz CT molecular complexity index is 658. The second kappa shape index (κ2) is 8.03. The van der Waals surface area contributed by atoms with Gasteiger partial charge in [0.25, 0.3) is 0 Å². The molecule has 0 aliphatic carbocycles.